The van der Waals surface area contributed by atoms with E-state index >= 15 is 0 Å². The van der Waals surface area contributed by atoms with Crippen molar-refractivity contribution < 1.29 is 54.3 Å². The Hall–Kier alpha value is -4.03. The third-order valence-electron chi connectivity index (χ3n) is 5.31. The predicted molar refractivity (Wildman–Crippen MR) is 139 cm³/mol. The molecule has 0 bridgehead atoms. The van der Waals surface area contributed by atoms with Crippen LogP contribution in [0.3, 0.4) is 0 Å². The minimum absolute atomic E-state index is 0.00268. The van der Waals surface area contributed by atoms with Gasteiger partial charge >= 0.3 is 29.8 Å². The molecule has 0 aromatic rings. The van der Waals surface area contributed by atoms with Gasteiger partial charge in [-0.15, -0.1) is 0 Å². The molecule has 0 fully saturated rings. The van der Waals surface area contributed by atoms with Crippen molar-refractivity contribution in [3.63, 3.8) is 0 Å². The van der Waals surface area contributed by atoms with Crippen LogP contribution in [0.2, 0.25) is 0 Å². The van der Waals surface area contributed by atoms with Gasteiger partial charge in [-0.2, -0.15) is 0 Å². The summed E-state index contributed by atoms with van der Waals surface area (Å²) in [4.78, 5) is 74.8. The lowest BCUT2D eigenvalue weighted by Gasteiger charge is -2.29. The second kappa shape index (κ2) is 20.0. The zero-order chi connectivity index (χ0) is 30.7. The van der Waals surface area contributed by atoms with Gasteiger partial charge in [-0.3, -0.25) is 43.6 Å². The van der Waals surface area contributed by atoms with Crippen molar-refractivity contribution in [3.05, 3.63) is 0 Å². The van der Waals surface area contributed by atoms with E-state index in [4.69, 9.17) is 37.0 Å². The molecule has 40 heavy (non-hydrogen) atoms. The number of hydrogen-bond donors (Lipinski definition) is 8. The molecule has 0 saturated carbocycles. The number of carboxylic acid groups (broad SMARTS) is 5. The lowest BCUT2D eigenvalue weighted by molar-refractivity contribution is -0.143. The average molecular weight is 578 g/mol. The van der Waals surface area contributed by atoms with Crippen molar-refractivity contribution in [1.29, 1.82) is 0 Å². The number of amides is 1. The van der Waals surface area contributed by atoms with E-state index in [1.807, 2.05) is 0 Å². The largest absolute Gasteiger partial charge is 0.480 e. The van der Waals surface area contributed by atoms with E-state index in [1.54, 1.807) is 0 Å². The highest BCUT2D eigenvalue weighted by Gasteiger charge is 2.19. The highest BCUT2D eigenvalue weighted by molar-refractivity contribution is 5.79. The lowest BCUT2D eigenvalue weighted by atomic mass is 10.1. The van der Waals surface area contributed by atoms with Gasteiger partial charge in [0.05, 0.1) is 26.2 Å². The number of nitrogens with zero attached hydrogens (tertiary/aromatic N) is 4. The van der Waals surface area contributed by atoms with Gasteiger partial charge in [0.2, 0.25) is 5.91 Å². The van der Waals surface area contributed by atoms with Crippen molar-refractivity contribution in [2.45, 2.75) is 31.7 Å². The minimum atomic E-state index is -1.24. The van der Waals surface area contributed by atoms with Gasteiger partial charge in [0.15, 0.2) is 5.96 Å². The number of unbranched alkanes of at least 4 members (excludes halogenated alkanes) is 1. The summed E-state index contributed by atoms with van der Waals surface area (Å²) in [5, 5.41) is 47.5. The summed E-state index contributed by atoms with van der Waals surface area (Å²) < 4.78 is 0. The van der Waals surface area contributed by atoms with Crippen LogP contribution in [-0.2, 0) is 28.8 Å². The van der Waals surface area contributed by atoms with E-state index in [0.717, 1.165) is 9.80 Å². The smallest absolute Gasteiger partial charge is 0.320 e. The van der Waals surface area contributed by atoms with Gasteiger partial charge in [-0.1, -0.05) is 0 Å². The molecule has 0 aliphatic carbocycles. The summed E-state index contributed by atoms with van der Waals surface area (Å²) in [5.41, 5.74) is 11.4. The number of hydrogen-bond acceptors (Lipinski definition) is 10. The molecule has 0 aliphatic heterocycles. The van der Waals surface area contributed by atoms with Crippen LogP contribution in [0.1, 0.15) is 25.7 Å². The molecule has 18 nitrogen and oxygen atoms in total. The van der Waals surface area contributed by atoms with Gasteiger partial charge < -0.3 is 47.2 Å². The van der Waals surface area contributed by atoms with Crippen molar-refractivity contribution in [1.82, 2.24) is 20.0 Å². The molecule has 10 N–H and O–H groups in total. The second-order valence-corrected chi connectivity index (χ2v) is 8.76. The Morgan fingerprint density at radius 3 is 1.57 bits per heavy atom. The van der Waals surface area contributed by atoms with Crippen molar-refractivity contribution in [2.75, 3.05) is 65.4 Å². The van der Waals surface area contributed by atoms with Crippen LogP contribution in [0.15, 0.2) is 4.99 Å². The first-order valence-corrected chi connectivity index (χ1v) is 12.3. The molecule has 1 atom stereocenters. The van der Waals surface area contributed by atoms with Crippen molar-refractivity contribution in [3.8, 4) is 0 Å². The first-order chi connectivity index (χ1) is 18.7. The Morgan fingerprint density at radius 2 is 1.18 bits per heavy atom. The number of guanidine groups is 1. The molecule has 228 valence electrons. The Bertz CT molecular complexity index is 828. The molecule has 0 aliphatic rings. The number of carboxylic acids is 5. The molecule has 1 amide bonds. The highest BCUT2D eigenvalue weighted by atomic mass is 16.4. The van der Waals surface area contributed by atoms with E-state index in [1.165, 1.54) is 4.90 Å². The normalized spacial score (nSPS) is 12.2. The van der Waals surface area contributed by atoms with Gasteiger partial charge in [0.1, 0.15) is 6.04 Å². The third-order valence-corrected chi connectivity index (χ3v) is 5.31. The maximum Gasteiger partial charge on any atom is 0.320 e. The molecule has 0 aromatic carbocycles. The fourth-order valence-electron chi connectivity index (χ4n) is 3.32. The van der Waals surface area contributed by atoms with E-state index in [-0.39, 0.29) is 57.4 Å². The Kier molecular flexibility index (Phi) is 17.9. The standard InChI is InChI=1S/C22H39N7O11/c23-15(21(39)40)3-4-16(30)25-5-1-2-6-26-22(24)29(9-7-27(11-17(31)32)12-18(33)34)10-8-28(13-19(35)36)14-20(37)38/h15H,1-14,23H2,(H2,24,26)(H,25,30)(H,31,32)(H,33,34)(H,35,36)(H,37,38)(H,39,40)/t15-/m0/s1. The molecule has 0 spiro atoms. The SMILES string of the molecule is NC(=NCCCCNC(=O)CC[C@H](N)C(=O)O)N(CCN(CC(=O)O)CC(=O)O)CCN(CC(=O)O)CC(=O)O. The van der Waals surface area contributed by atoms with Crippen LogP contribution < -0.4 is 16.8 Å². The van der Waals surface area contributed by atoms with Crippen LogP contribution in [0.5, 0.6) is 0 Å². The summed E-state index contributed by atoms with van der Waals surface area (Å²) in [6.07, 6.45) is 0.987. The highest BCUT2D eigenvalue weighted by Crippen LogP contribution is 1.99. The molecule has 0 heterocycles. The van der Waals surface area contributed by atoms with E-state index in [9.17, 15) is 28.8 Å². The second-order valence-electron chi connectivity index (χ2n) is 8.76. The number of nitrogens with two attached hydrogens (primary N) is 2. The topological polar surface area (TPSA) is 290 Å². The minimum Gasteiger partial charge on any atom is -0.480 e. The van der Waals surface area contributed by atoms with Crippen LogP contribution >= 0.6 is 0 Å². The number of nitrogens with one attached hydrogen (secondary N) is 1. The number of aliphatic carboxylic acids is 5. The predicted octanol–water partition coefficient (Wildman–Crippen LogP) is -3.37. The maximum absolute atomic E-state index is 11.8. The molecule has 18 heteroatoms. The average Bonchev–Trinajstić information content (AvgIpc) is 2.82. The van der Waals surface area contributed by atoms with Crippen LogP contribution in [0.25, 0.3) is 0 Å². The Balaban J connectivity index is 5.08. The molecular weight excluding hydrogens is 538 g/mol. The van der Waals surface area contributed by atoms with Gasteiger partial charge in [-0.25, -0.2) is 0 Å². The van der Waals surface area contributed by atoms with E-state index in [0.29, 0.717) is 19.4 Å². The maximum atomic E-state index is 11.8. The summed E-state index contributed by atoms with van der Waals surface area (Å²) in [5.74, 6) is -6.47. The van der Waals surface area contributed by atoms with E-state index in [2.05, 4.69) is 10.3 Å². The van der Waals surface area contributed by atoms with Crippen molar-refractivity contribution in [2.24, 2.45) is 16.5 Å². The monoisotopic (exact) mass is 577 g/mol. The van der Waals surface area contributed by atoms with Crippen LogP contribution in [0.4, 0.5) is 0 Å². The van der Waals surface area contributed by atoms with Crippen molar-refractivity contribution >= 4 is 41.7 Å². The summed E-state index contributed by atoms with van der Waals surface area (Å²) in [6, 6.07) is -1.12. The molecule has 0 unspecified atom stereocenters. The summed E-state index contributed by atoms with van der Waals surface area (Å²) in [6.45, 7) is -1.68. The fourth-order valence-corrected chi connectivity index (χ4v) is 3.32. The zero-order valence-corrected chi connectivity index (χ0v) is 22.1. The summed E-state index contributed by atoms with van der Waals surface area (Å²) >= 11 is 0. The molecule has 0 radical (unpaired) electrons. The molecule has 0 saturated heterocycles. The molecule has 0 aromatic heterocycles. The zero-order valence-electron chi connectivity index (χ0n) is 22.1. The Labute approximate surface area is 230 Å². The van der Waals surface area contributed by atoms with E-state index < -0.39 is 62.1 Å². The van der Waals surface area contributed by atoms with Crippen LogP contribution in [0, 0.1) is 0 Å². The van der Waals surface area contributed by atoms with Gasteiger partial charge in [-0.05, 0) is 19.3 Å². The molecular formula is C22H39N7O11. The third kappa shape index (κ3) is 19.1. The first kappa shape index (κ1) is 36.0. The van der Waals surface area contributed by atoms with Gasteiger partial charge in [0.25, 0.3) is 0 Å². The fraction of sp³-hybridized carbons (Fsp3) is 0.682. The number of carbonyl (C=O) groups is 6. The summed E-state index contributed by atoms with van der Waals surface area (Å²) in [7, 11) is 0. The first-order valence-electron chi connectivity index (χ1n) is 12.3. The van der Waals surface area contributed by atoms with Gasteiger partial charge in [0, 0.05) is 45.7 Å². The number of rotatable bonds is 23. The van der Waals surface area contributed by atoms with Crippen LogP contribution in [-0.4, -0.2) is 153 Å². The number of carbonyl (C=O) groups excluding carboxylic acids is 1. The lowest BCUT2D eigenvalue weighted by Crippen LogP contribution is -2.48. The molecule has 0 rings (SSSR count). The quantitative estimate of drug-likeness (QED) is 0.0334. The Morgan fingerprint density at radius 1 is 0.725 bits per heavy atom. The number of aliphatic imine (C=N–C) groups is 1.